The molecule has 31 heavy (non-hydrogen) atoms. The van der Waals surface area contributed by atoms with Crippen molar-refractivity contribution in [1.29, 1.82) is 0 Å². The average Bonchev–Trinajstić information content (AvgIpc) is 3.27. The molecule has 0 bridgehead atoms. The number of aromatic nitrogens is 1. The Kier molecular flexibility index (Phi) is 5.01. The lowest BCUT2D eigenvalue weighted by Gasteiger charge is -2.51. The van der Waals surface area contributed by atoms with E-state index >= 15 is 0 Å². The second kappa shape index (κ2) is 7.72. The summed E-state index contributed by atoms with van der Waals surface area (Å²) in [7, 11) is 1.76. The van der Waals surface area contributed by atoms with Crippen LogP contribution in [0.15, 0.2) is 36.5 Å². The minimum atomic E-state index is -0.845. The third kappa shape index (κ3) is 3.23. The van der Waals surface area contributed by atoms with Gasteiger partial charge in [0.15, 0.2) is 0 Å². The van der Waals surface area contributed by atoms with Gasteiger partial charge >= 0.3 is 5.97 Å². The first kappa shape index (κ1) is 20.1. The maximum absolute atomic E-state index is 11.5. The van der Waals surface area contributed by atoms with Crippen LogP contribution in [0.25, 0.3) is 10.9 Å². The van der Waals surface area contributed by atoms with Crippen LogP contribution >= 0.6 is 0 Å². The number of benzene rings is 2. The Morgan fingerprint density at radius 1 is 1.19 bits per heavy atom. The van der Waals surface area contributed by atoms with E-state index in [-0.39, 0.29) is 5.54 Å². The number of aryl methyl sites for hydroxylation is 2. The van der Waals surface area contributed by atoms with E-state index in [1.807, 2.05) is 12.3 Å². The van der Waals surface area contributed by atoms with Crippen LogP contribution in [-0.2, 0) is 18.5 Å². The van der Waals surface area contributed by atoms with E-state index in [0.717, 1.165) is 44.5 Å². The van der Waals surface area contributed by atoms with Gasteiger partial charge in [0.05, 0.1) is 12.7 Å². The fourth-order valence-electron chi connectivity index (χ4n) is 5.98. The largest absolute Gasteiger partial charge is 0.496 e. The quantitative estimate of drug-likeness (QED) is 0.595. The zero-order valence-electron chi connectivity index (χ0n) is 18.3. The van der Waals surface area contributed by atoms with Gasteiger partial charge in [-0.2, -0.15) is 0 Å². The molecule has 3 aromatic rings. The van der Waals surface area contributed by atoms with Crippen LogP contribution < -0.4 is 4.74 Å². The van der Waals surface area contributed by atoms with Gasteiger partial charge in [-0.25, -0.2) is 4.79 Å². The van der Waals surface area contributed by atoms with Crippen LogP contribution in [0.5, 0.6) is 5.75 Å². The molecule has 1 spiro atoms. The number of nitrogens with zero attached hydrogens (tertiary/aromatic N) is 1. The van der Waals surface area contributed by atoms with Crippen molar-refractivity contribution in [3.05, 3.63) is 64.3 Å². The monoisotopic (exact) mass is 418 g/mol. The molecule has 1 fully saturated rings. The van der Waals surface area contributed by atoms with Crippen molar-refractivity contribution in [2.24, 2.45) is 0 Å². The molecule has 2 aromatic carbocycles. The van der Waals surface area contributed by atoms with E-state index in [4.69, 9.17) is 4.74 Å². The number of hydrogen-bond donors (Lipinski definition) is 2. The lowest BCUT2D eigenvalue weighted by atomic mass is 9.70. The van der Waals surface area contributed by atoms with Gasteiger partial charge in [0, 0.05) is 34.7 Å². The van der Waals surface area contributed by atoms with E-state index in [1.165, 1.54) is 46.0 Å². The van der Waals surface area contributed by atoms with Crippen LogP contribution in [0.4, 0.5) is 0 Å². The fraction of sp³-hybridized carbons (Fsp3) is 0.423. The summed E-state index contributed by atoms with van der Waals surface area (Å²) in [4.78, 5) is 17.6. The summed E-state index contributed by atoms with van der Waals surface area (Å²) in [6.07, 6.45) is 8.71. The van der Waals surface area contributed by atoms with Crippen molar-refractivity contribution in [3.63, 3.8) is 0 Å². The first-order chi connectivity index (χ1) is 15.0. The standard InChI is InChI=1S/C26H30N2O3/c1-17-14-23(31-2)21(20-9-12-27-24(17)20)16-28-13-4-3-10-26(28)11-5-6-18-15-19(25(29)30)7-8-22(18)26/h7-9,12,14-15,27H,3-6,10-11,13,16H2,1-2H3,(H,29,30). The second-order valence-electron chi connectivity index (χ2n) is 9.08. The number of nitrogens with one attached hydrogen (secondary N) is 1. The lowest BCUT2D eigenvalue weighted by molar-refractivity contribution is 0.0203. The van der Waals surface area contributed by atoms with Crippen LogP contribution in [0.2, 0.25) is 0 Å². The van der Waals surface area contributed by atoms with Gasteiger partial charge in [-0.3, -0.25) is 4.90 Å². The Morgan fingerprint density at radius 3 is 2.84 bits per heavy atom. The molecule has 162 valence electrons. The molecule has 1 aliphatic carbocycles. The number of carbonyl (C=O) groups is 1. The molecule has 5 heteroatoms. The average molecular weight is 419 g/mol. The van der Waals surface area contributed by atoms with Gasteiger partial charge in [-0.15, -0.1) is 0 Å². The molecule has 5 rings (SSSR count). The highest BCUT2D eigenvalue weighted by Gasteiger charge is 2.43. The topological polar surface area (TPSA) is 65.6 Å². The van der Waals surface area contributed by atoms with Crippen molar-refractivity contribution >= 4 is 16.9 Å². The van der Waals surface area contributed by atoms with E-state index < -0.39 is 5.97 Å². The van der Waals surface area contributed by atoms with Gasteiger partial charge in [-0.1, -0.05) is 6.07 Å². The van der Waals surface area contributed by atoms with Crippen molar-refractivity contribution in [2.75, 3.05) is 13.7 Å². The first-order valence-electron chi connectivity index (χ1n) is 11.3. The van der Waals surface area contributed by atoms with Crippen LogP contribution in [-0.4, -0.2) is 34.6 Å². The molecule has 1 aliphatic heterocycles. The van der Waals surface area contributed by atoms with E-state index in [0.29, 0.717) is 5.56 Å². The zero-order chi connectivity index (χ0) is 21.6. The van der Waals surface area contributed by atoms with Gasteiger partial charge in [0.1, 0.15) is 5.75 Å². The van der Waals surface area contributed by atoms with Crippen molar-refractivity contribution < 1.29 is 14.6 Å². The Bertz CT molecular complexity index is 1150. The number of methoxy groups -OCH3 is 1. The van der Waals surface area contributed by atoms with Crippen molar-refractivity contribution in [3.8, 4) is 5.75 Å². The summed E-state index contributed by atoms with van der Waals surface area (Å²) in [6, 6.07) is 10.1. The Balaban J connectivity index is 1.60. The van der Waals surface area contributed by atoms with Crippen molar-refractivity contribution in [2.45, 2.75) is 57.5 Å². The zero-order valence-corrected chi connectivity index (χ0v) is 18.3. The highest BCUT2D eigenvalue weighted by molar-refractivity contribution is 5.88. The molecule has 2 heterocycles. The van der Waals surface area contributed by atoms with Crippen LogP contribution in [0.1, 0.15) is 64.7 Å². The van der Waals surface area contributed by atoms with Crippen LogP contribution in [0.3, 0.4) is 0 Å². The minimum Gasteiger partial charge on any atom is -0.496 e. The minimum absolute atomic E-state index is 0.0264. The predicted molar refractivity (Wildman–Crippen MR) is 122 cm³/mol. The molecule has 5 nitrogen and oxygen atoms in total. The maximum atomic E-state index is 11.5. The molecule has 0 saturated carbocycles. The molecule has 2 aliphatic rings. The van der Waals surface area contributed by atoms with Crippen LogP contribution in [0, 0.1) is 6.92 Å². The summed E-state index contributed by atoms with van der Waals surface area (Å²) >= 11 is 0. The molecule has 1 atom stereocenters. The maximum Gasteiger partial charge on any atom is 0.335 e. The van der Waals surface area contributed by atoms with Crippen molar-refractivity contribution in [1.82, 2.24) is 9.88 Å². The summed E-state index contributed by atoms with van der Waals surface area (Å²) in [6.45, 7) is 3.99. The molecule has 1 saturated heterocycles. The number of H-pyrrole nitrogens is 1. The molecule has 1 aromatic heterocycles. The third-order valence-electron chi connectivity index (χ3n) is 7.44. The van der Waals surface area contributed by atoms with E-state index in [2.05, 4.69) is 35.0 Å². The Labute approximate surface area is 183 Å². The number of carboxylic acids is 1. The number of likely N-dealkylation sites (tertiary alicyclic amines) is 1. The normalized spacial score (nSPS) is 21.4. The molecule has 2 N–H and O–H groups in total. The first-order valence-corrected chi connectivity index (χ1v) is 11.3. The number of aromatic carboxylic acids is 1. The molecular weight excluding hydrogens is 388 g/mol. The number of rotatable bonds is 4. The number of ether oxygens (including phenoxy) is 1. The number of carboxylic acid groups (broad SMARTS) is 1. The number of aromatic amines is 1. The lowest BCUT2D eigenvalue weighted by Crippen LogP contribution is -2.50. The molecule has 0 amide bonds. The summed E-state index contributed by atoms with van der Waals surface area (Å²) in [5.41, 5.74) is 6.52. The summed E-state index contributed by atoms with van der Waals surface area (Å²) < 4.78 is 5.83. The summed E-state index contributed by atoms with van der Waals surface area (Å²) in [5, 5.41) is 10.7. The smallest absolute Gasteiger partial charge is 0.335 e. The highest BCUT2D eigenvalue weighted by Crippen LogP contribution is 2.48. The van der Waals surface area contributed by atoms with Gasteiger partial charge in [0.25, 0.3) is 0 Å². The molecule has 0 radical (unpaired) electrons. The predicted octanol–water partition coefficient (Wildman–Crippen LogP) is 5.40. The molecule has 1 unspecified atom stereocenters. The number of hydrogen-bond acceptors (Lipinski definition) is 3. The second-order valence-corrected chi connectivity index (χ2v) is 9.08. The SMILES string of the molecule is COc1cc(C)c2[nH]ccc2c1CN1CCCCC12CCCc1cc(C(=O)O)ccc12. The Hall–Kier alpha value is -2.79. The van der Waals surface area contributed by atoms with Gasteiger partial charge < -0.3 is 14.8 Å². The van der Waals surface area contributed by atoms with E-state index in [9.17, 15) is 9.90 Å². The number of piperidine rings is 1. The van der Waals surface area contributed by atoms with Gasteiger partial charge in [0.2, 0.25) is 0 Å². The summed E-state index contributed by atoms with van der Waals surface area (Å²) in [5.74, 6) is 0.102. The van der Waals surface area contributed by atoms with E-state index in [1.54, 1.807) is 13.2 Å². The Morgan fingerprint density at radius 2 is 2.03 bits per heavy atom. The highest BCUT2D eigenvalue weighted by atomic mass is 16.5. The van der Waals surface area contributed by atoms with Gasteiger partial charge in [-0.05, 0) is 92.9 Å². The third-order valence-corrected chi connectivity index (χ3v) is 7.44. The molecular formula is C26H30N2O3. The number of fused-ring (bicyclic) bond motifs is 3. The fourth-order valence-corrected chi connectivity index (χ4v) is 5.98.